The maximum atomic E-state index is 12.1. The van der Waals surface area contributed by atoms with E-state index in [9.17, 15) is 4.79 Å². The van der Waals surface area contributed by atoms with Gasteiger partial charge in [-0.2, -0.15) is 5.10 Å². The molecular weight excluding hydrogens is 280 g/mol. The molecule has 0 spiro atoms. The minimum absolute atomic E-state index is 0.220. The molecule has 1 aliphatic rings. The summed E-state index contributed by atoms with van der Waals surface area (Å²) in [7, 11) is 3.25. The summed E-state index contributed by atoms with van der Waals surface area (Å²) in [6.45, 7) is 2.54. The molecule has 0 atom stereocenters. The van der Waals surface area contributed by atoms with E-state index in [-0.39, 0.29) is 5.78 Å². The third kappa shape index (κ3) is 2.47. The van der Waals surface area contributed by atoms with Crippen LogP contribution in [0.5, 0.6) is 11.5 Å². The summed E-state index contributed by atoms with van der Waals surface area (Å²) in [5.41, 5.74) is 3.79. The molecular formula is C17H20N2O3. The predicted octanol–water partition coefficient (Wildman–Crippen LogP) is 2.78. The first-order valence-corrected chi connectivity index (χ1v) is 7.44. The molecule has 22 heavy (non-hydrogen) atoms. The lowest BCUT2D eigenvalue weighted by Gasteiger charge is -2.14. The zero-order chi connectivity index (χ0) is 15.7. The monoisotopic (exact) mass is 300 g/mol. The Morgan fingerprint density at radius 2 is 1.95 bits per heavy atom. The van der Waals surface area contributed by atoms with Gasteiger partial charge in [0.2, 0.25) is 0 Å². The predicted molar refractivity (Wildman–Crippen MR) is 82.9 cm³/mol. The highest BCUT2D eigenvalue weighted by Gasteiger charge is 2.25. The van der Waals surface area contributed by atoms with Crippen LogP contribution < -0.4 is 9.47 Å². The summed E-state index contributed by atoms with van der Waals surface area (Å²) in [4.78, 5) is 12.1. The van der Waals surface area contributed by atoms with Crippen LogP contribution >= 0.6 is 0 Å². The topological polar surface area (TPSA) is 53.4 Å². The molecule has 116 valence electrons. The lowest BCUT2D eigenvalue weighted by Crippen LogP contribution is -2.14. The summed E-state index contributed by atoms with van der Waals surface area (Å²) in [5.74, 6) is 1.63. The largest absolute Gasteiger partial charge is 0.493 e. The van der Waals surface area contributed by atoms with Crippen molar-refractivity contribution < 1.29 is 14.3 Å². The second-order valence-electron chi connectivity index (χ2n) is 5.53. The van der Waals surface area contributed by atoms with E-state index in [4.69, 9.17) is 9.47 Å². The molecule has 0 saturated heterocycles. The number of aryl methyl sites for hydroxylation is 1. The minimum atomic E-state index is 0.220. The number of fused-ring (bicyclic) bond motifs is 1. The fourth-order valence-electron chi connectivity index (χ4n) is 3.07. The van der Waals surface area contributed by atoms with Gasteiger partial charge in [-0.15, -0.1) is 0 Å². The van der Waals surface area contributed by atoms with Crippen LogP contribution in [0.2, 0.25) is 0 Å². The first kappa shape index (κ1) is 14.6. The van der Waals surface area contributed by atoms with Gasteiger partial charge < -0.3 is 9.47 Å². The number of nitrogens with zero attached hydrogens (tertiary/aromatic N) is 2. The smallest absolute Gasteiger partial charge is 0.166 e. The van der Waals surface area contributed by atoms with Crippen molar-refractivity contribution in [2.75, 3.05) is 14.2 Å². The number of ketones is 1. The molecule has 0 unspecified atom stereocenters. The second kappa shape index (κ2) is 5.83. The Morgan fingerprint density at radius 3 is 2.68 bits per heavy atom. The minimum Gasteiger partial charge on any atom is -0.493 e. The van der Waals surface area contributed by atoms with Crippen LogP contribution in [-0.4, -0.2) is 29.8 Å². The molecule has 1 heterocycles. The fourth-order valence-corrected chi connectivity index (χ4v) is 3.07. The number of carbonyl (C=O) groups is 1. The number of methoxy groups -OCH3 is 2. The van der Waals surface area contributed by atoms with Gasteiger partial charge in [0.05, 0.1) is 32.0 Å². The van der Waals surface area contributed by atoms with Crippen LogP contribution in [0.4, 0.5) is 0 Å². The van der Waals surface area contributed by atoms with E-state index in [0.717, 1.165) is 35.4 Å². The normalized spacial score (nSPS) is 13.9. The Morgan fingerprint density at radius 1 is 1.18 bits per heavy atom. The van der Waals surface area contributed by atoms with Gasteiger partial charge in [0, 0.05) is 12.1 Å². The summed E-state index contributed by atoms with van der Waals surface area (Å²) in [6, 6.07) is 5.84. The molecule has 3 rings (SSSR count). The van der Waals surface area contributed by atoms with Gasteiger partial charge in [0.15, 0.2) is 17.3 Å². The highest BCUT2D eigenvalue weighted by molar-refractivity contribution is 5.99. The number of hydrogen-bond donors (Lipinski definition) is 0. The van der Waals surface area contributed by atoms with Gasteiger partial charge in [-0.25, -0.2) is 0 Å². The molecule has 0 bridgehead atoms. The molecule has 5 nitrogen and oxygen atoms in total. The van der Waals surface area contributed by atoms with E-state index in [1.54, 1.807) is 14.2 Å². The summed E-state index contributed by atoms with van der Waals surface area (Å²) >= 11 is 0. The molecule has 0 N–H and O–H groups in total. The Hall–Kier alpha value is -2.30. The van der Waals surface area contributed by atoms with E-state index >= 15 is 0 Å². The van der Waals surface area contributed by atoms with Crippen molar-refractivity contribution in [1.82, 2.24) is 9.78 Å². The van der Waals surface area contributed by atoms with Crippen molar-refractivity contribution in [3.8, 4) is 11.5 Å². The maximum Gasteiger partial charge on any atom is 0.166 e. The highest BCUT2D eigenvalue weighted by Crippen LogP contribution is 2.29. The quantitative estimate of drug-likeness (QED) is 0.871. The highest BCUT2D eigenvalue weighted by atomic mass is 16.5. The first-order chi connectivity index (χ1) is 10.6. The number of carbonyl (C=O) groups excluding carboxylic acids is 1. The standard InChI is InChI=1S/C17H20N2O3/c1-11-17-13(5-4-6-14(17)20)19(18-11)10-12-7-8-15(21-2)16(9-12)22-3/h7-9H,4-6,10H2,1-3H3. The Bertz CT molecular complexity index is 719. The Labute approximate surface area is 129 Å². The fraction of sp³-hybridized carbons (Fsp3) is 0.412. The average molecular weight is 300 g/mol. The average Bonchev–Trinajstić information content (AvgIpc) is 2.84. The number of hydrogen-bond acceptors (Lipinski definition) is 4. The molecule has 2 aromatic rings. The zero-order valence-electron chi connectivity index (χ0n) is 13.2. The van der Waals surface area contributed by atoms with Gasteiger partial charge in [0.1, 0.15) is 0 Å². The molecule has 0 fully saturated rings. The van der Waals surface area contributed by atoms with Crippen LogP contribution in [0.25, 0.3) is 0 Å². The molecule has 1 aromatic heterocycles. The van der Waals surface area contributed by atoms with Gasteiger partial charge >= 0.3 is 0 Å². The summed E-state index contributed by atoms with van der Waals surface area (Å²) in [6.07, 6.45) is 2.45. The van der Waals surface area contributed by atoms with E-state index in [2.05, 4.69) is 5.10 Å². The number of Topliss-reactive ketones (excluding diaryl/α,β-unsaturated/α-hetero) is 1. The molecule has 1 aromatic carbocycles. The van der Waals surface area contributed by atoms with Crippen molar-refractivity contribution in [2.24, 2.45) is 0 Å². The molecule has 0 amide bonds. The Balaban J connectivity index is 1.94. The van der Waals surface area contributed by atoms with E-state index < -0.39 is 0 Å². The molecule has 0 radical (unpaired) electrons. The first-order valence-electron chi connectivity index (χ1n) is 7.44. The third-order valence-electron chi connectivity index (χ3n) is 4.11. The van der Waals surface area contributed by atoms with E-state index in [0.29, 0.717) is 24.5 Å². The van der Waals surface area contributed by atoms with E-state index in [1.165, 1.54) is 0 Å². The number of benzene rings is 1. The van der Waals surface area contributed by atoms with Gasteiger partial charge in [-0.05, 0) is 37.5 Å². The van der Waals surface area contributed by atoms with Crippen molar-refractivity contribution in [1.29, 1.82) is 0 Å². The van der Waals surface area contributed by atoms with Crippen molar-refractivity contribution in [3.05, 3.63) is 40.7 Å². The van der Waals surface area contributed by atoms with Crippen LogP contribution in [-0.2, 0) is 13.0 Å². The maximum absolute atomic E-state index is 12.1. The summed E-state index contributed by atoms with van der Waals surface area (Å²) in [5, 5.41) is 4.56. The van der Waals surface area contributed by atoms with Gasteiger partial charge in [-0.1, -0.05) is 6.07 Å². The van der Waals surface area contributed by atoms with Crippen LogP contribution in [0, 0.1) is 6.92 Å². The van der Waals surface area contributed by atoms with Crippen LogP contribution in [0.1, 0.15) is 40.2 Å². The number of aromatic nitrogens is 2. The van der Waals surface area contributed by atoms with Crippen LogP contribution in [0.15, 0.2) is 18.2 Å². The lowest BCUT2D eigenvalue weighted by molar-refractivity contribution is 0.0971. The number of ether oxygens (including phenoxy) is 2. The van der Waals surface area contributed by atoms with Gasteiger partial charge in [0.25, 0.3) is 0 Å². The SMILES string of the molecule is COc1ccc(Cn2nc(C)c3c2CCCC3=O)cc1OC. The molecule has 0 aliphatic heterocycles. The Kier molecular flexibility index (Phi) is 3.88. The lowest BCUT2D eigenvalue weighted by atomic mass is 9.95. The zero-order valence-corrected chi connectivity index (χ0v) is 13.2. The van der Waals surface area contributed by atoms with Crippen molar-refractivity contribution in [3.63, 3.8) is 0 Å². The molecule has 0 saturated carbocycles. The van der Waals surface area contributed by atoms with Crippen molar-refractivity contribution in [2.45, 2.75) is 32.7 Å². The molecule has 5 heteroatoms. The third-order valence-corrected chi connectivity index (χ3v) is 4.11. The molecule has 1 aliphatic carbocycles. The summed E-state index contributed by atoms with van der Waals surface area (Å²) < 4.78 is 12.5. The van der Waals surface area contributed by atoms with Gasteiger partial charge in [-0.3, -0.25) is 9.48 Å². The van der Waals surface area contributed by atoms with Crippen molar-refractivity contribution >= 4 is 5.78 Å². The number of rotatable bonds is 4. The second-order valence-corrected chi connectivity index (χ2v) is 5.53. The van der Waals surface area contributed by atoms with E-state index in [1.807, 2.05) is 29.8 Å². The van der Waals surface area contributed by atoms with Crippen LogP contribution in [0.3, 0.4) is 0 Å².